The van der Waals surface area contributed by atoms with Crippen LogP contribution in [0.3, 0.4) is 0 Å². The van der Waals surface area contributed by atoms with E-state index >= 15 is 0 Å². The van der Waals surface area contributed by atoms with Gasteiger partial charge in [0.25, 0.3) is 0 Å². The fourth-order valence-corrected chi connectivity index (χ4v) is 2.09. The van der Waals surface area contributed by atoms with E-state index < -0.39 is 20.7 Å². The molecule has 0 aliphatic heterocycles. The van der Waals surface area contributed by atoms with Gasteiger partial charge < -0.3 is 5.11 Å². The maximum Gasteiger partial charge on any atom is 0.155 e. The first-order valence-corrected chi connectivity index (χ1v) is 7.83. The zero-order valence-electron chi connectivity index (χ0n) is 11.3. The Labute approximate surface area is 108 Å². The predicted octanol–water partition coefficient (Wildman–Crippen LogP) is 0.415. The van der Waals surface area contributed by atoms with Gasteiger partial charge in [-0.25, -0.2) is 13.4 Å². The lowest BCUT2D eigenvalue weighted by Crippen LogP contribution is -2.45. The molecule has 6 nitrogen and oxygen atoms in total. The summed E-state index contributed by atoms with van der Waals surface area (Å²) in [5, 5.41) is 14.2. The van der Waals surface area contributed by atoms with Crippen molar-refractivity contribution in [3.8, 4) is 0 Å². The lowest BCUT2D eigenvalue weighted by atomic mass is 10.0. The van der Waals surface area contributed by atoms with Gasteiger partial charge in [0.15, 0.2) is 9.84 Å². The Morgan fingerprint density at radius 2 is 2.11 bits per heavy atom. The Kier molecular flexibility index (Phi) is 4.50. The van der Waals surface area contributed by atoms with Crippen LogP contribution >= 0.6 is 0 Å². The van der Waals surface area contributed by atoms with Crippen LogP contribution in [-0.4, -0.2) is 45.4 Å². The summed E-state index contributed by atoms with van der Waals surface area (Å²) in [5.74, 6) is 0.612. The van der Waals surface area contributed by atoms with E-state index in [1.54, 1.807) is 4.68 Å². The smallest absolute Gasteiger partial charge is 0.155 e. The van der Waals surface area contributed by atoms with Crippen LogP contribution in [0.15, 0.2) is 6.33 Å². The Morgan fingerprint density at radius 1 is 1.50 bits per heavy atom. The van der Waals surface area contributed by atoms with Crippen LogP contribution in [0.2, 0.25) is 0 Å². The molecule has 1 unspecified atom stereocenters. The molecule has 0 aromatic carbocycles. The summed E-state index contributed by atoms with van der Waals surface area (Å²) in [6.07, 6.45) is 2.63. The lowest BCUT2D eigenvalue weighted by Gasteiger charge is -2.28. The van der Waals surface area contributed by atoms with Crippen LogP contribution < -0.4 is 0 Å². The van der Waals surface area contributed by atoms with Gasteiger partial charge in [0, 0.05) is 19.2 Å². The number of hydrogen-bond acceptors (Lipinski definition) is 5. The maximum absolute atomic E-state index is 11.6. The molecule has 0 saturated carbocycles. The molecule has 1 atom stereocenters. The van der Waals surface area contributed by atoms with Gasteiger partial charge in [-0.15, -0.1) is 0 Å². The highest BCUT2D eigenvalue weighted by Crippen LogP contribution is 2.22. The Hall–Kier alpha value is -0.950. The quantitative estimate of drug-likeness (QED) is 0.813. The molecule has 0 aliphatic rings. The summed E-state index contributed by atoms with van der Waals surface area (Å²) in [7, 11) is -3.34. The molecule has 1 aromatic rings. The van der Waals surface area contributed by atoms with E-state index in [1.807, 2.05) is 6.92 Å². The average molecular weight is 275 g/mol. The van der Waals surface area contributed by atoms with E-state index in [1.165, 1.54) is 20.2 Å². The molecule has 0 saturated heterocycles. The second kappa shape index (κ2) is 5.36. The highest BCUT2D eigenvalue weighted by molar-refractivity contribution is 7.92. The number of hydrogen-bond donors (Lipinski definition) is 1. The summed E-state index contributed by atoms with van der Waals surface area (Å²) in [4.78, 5) is 4.07. The lowest BCUT2D eigenvalue weighted by molar-refractivity contribution is 0.134. The summed E-state index contributed by atoms with van der Waals surface area (Å²) >= 11 is 0. The zero-order chi connectivity index (χ0) is 14.0. The van der Waals surface area contributed by atoms with Crippen LogP contribution in [0.25, 0.3) is 0 Å². The molecule has 104 valence electrons. The first kappa shape index (κ1) is 15.1. The van der Waals surface area contributed by atoms with E-state index in [0.717, 1.165) is 12.7 Å². The van der Waals surface area contributed by atoms with Gasteiger partial charge in [0.1, 0.15) is 12.2 Å². The highest BCUT2D eigenvalue weighted by Gasteiger charge is 2.38. The molecule has 0 bridgehead atoms. The van der Waals surface area contributed by atoms with Crippen LogP contribution in [0.4, 0.5) is 0 Å². The van der Waals surface area contributed by atoms with Crippen LogP contribution in [0, 0.1) is 0 Å². The maximum atomic E-state index is 11.6. The van der Waals surface area contributed by atoms with Gasteiger partial charge in [0.2, 0.25) is 0 Å². The highest BCUT2D eigenvalue weighted by atomic mass is 32.2. The van der Waals surface area contributed by atoms with Crippen molar-refractivity contribution in [3.63, 3.8) is 0 Å². The molecule has 1 N–H and O–H groups in total. The molecule has 7 heteroatoms. The number of aliphatic hydroxyl groups is 1. The third-order valence-electron chi connectivity index (χ3n) is 3.27. The third-order valence-corrected chi connectivity index (χ3v) is 5.45. The van der Waals surface area contributed by atoms with E-state index in [0.29, 0.717) is 12.4 Å². The normalized spacial score (nSPS) is 14.7. The summed E-state index contributed by atoms with van der Waals surface area (Å²) in [5.41, 5.74) is 0. The molecule has 1 aromatic heterocycles. The number of aryl methyl sites for hydroxylation is 1. The van der Waals surface area contributed by atoms with Crippen molar-refractivity contribution in [1.29, 1.82) is 0 Å². The second-order valence-corrected chi connectivity index (χ2v) is 7.59. The van der Waals surface area contributed by atoms with E-state index in [-0.39, 0.29) is 6.42 Å². The van der Waals surface area contributed by atoms with Gasteiger partial charge in [-0.3, -0.25) is 4.68 Å². The predicted molar refractivity (Wildman–Crippen MR) is 68.9 cm³/mol. The number of nitrogens with zero attached hydrogens (tertiary/aromatic N) is 3. The van der Waals surface area contributed by atoms with E-state index in [2.05, 4.69) is 10.1 Å². The summed E-state index contributed by atoms with van der Waals surface area (Å²) < 4.78 is 23.8. The first-order chi connectivity index (χ1) is 8.20. The fraction of sp³-hybridized carbons (Fsp3) is 0.818. The monoisotopic (exact) mass is 275 g/mol. The molecular weight excluding hydrogens is 254 g/mol. The largest absolute Gasteiger partial charge is 0.391 e. The van der Waals surface area contributed by atoms with Crippen LogP contribution in [0.5, 0.6) is 0 Å². The number of sulfone groups is 1. The van der Waals surface area contributed by atoms with Crippen molar-refractivity contribution < 1.29 is 13.5 Å². The number of aliphatic hydroxyl groups excluding tert-OH is 1. The van der Waals surface area contributed by atoms with E-state index in [4.69, 9.17) is 0 Å². The van der Waals surface area contributed by atoms with E-state index in [9.17, 15) is 13.5 Å². The topological polar surface area (TPSA) is 85.1 Å². The third kappa shape index (κ3) is 3.08. The van der Waals surface area contributed by atoms with Crippen molar-refractivity contribution in [2.24, 2.45) is 0 Å². The Morgan fingerprint density at radius 3 is 2.61 bits per heavy atom. The van der Waals surface area contributed by atoms with Crippen molar-refractivity contribution in [3.05, 3.63) is 12.2 Å². The molecule has 0 fully saturated rings. The minimum Gasteiger partial charge on any atom is -0.391 e. The van der Waals surface area contributed by atoms with Gasteiger partial charge in [-0.1, -0.05) is 6.92 Å². The molecule has 18 heavy (non-hydrogen) atoms. The van der Waals surface area contributed by atoms with Gasteiger partial charge in [0.05, 0.1) is 10.9 Å². The van der Waals surface area contributed by atoms with Gasteiger partial charge in [-0.05, 0) is 20.3 Å². The Balaban J connectivity index is 2.88. The van der Waals surface area contributed by atoms with Crippen molar-refractivity contribution in [2.75, 3.05) is 6.26 Å². The molecule has 1 rings (SSSR count). The second-order valence-electron chi connectivity index (χ2n) is 4.99. The Bertz CT molecular complexity index is 493. The minimum atomic E-state index is -3.34. The first-order valence-electron chi connectivity index (χ1n) is 5.94. The standard InChI is InChI=1S/C11H21N3O3S/c1-5-6-14-10(12-8-13-14)7-9(15)11(2,3)18(4,16)17/h8-9,15H,5-7H2,1-4H3. The average Bonchev–Trinajstić information content (AvgIpc) is 2.64. The molecule has 0 aliphatic carbocycles. The van der Waals surface area contributed by atoms with Crippen molar-refractivity contribution in [1.82, 2.24) is 14.8 Å². The number of rotatable bonds is 6. The molecular formula is C11H21N3O3S. The van der Waals surface area contributed by atoms with Crippen molar-refractivity contribution in [2.45, 2.75) is 51.0 Å². The van der Waals surface area contributed by atoms with Gasteiger partial charge >= 0.3 is 0 Å². The molecule has 0 spiro atoms. The molecule has 1 heterocycles. The SMILES string of the molecule is CCCn1ncnc1CC(O)C(C)(C)S(C)(=O)=O. The molecule has 0 radical (unpaired) electrons. The summed E-state index contributed by atoms with van der Waals surface area (Å²) in [6.45, 7) is 5.77. The van der Waals surface area contributed by atoms with Crippen LogP contribution in [-0.2, 0) is 22.8 Å². The minimum absolute atomic E-state index is 0.181. The van der Waals surface area contributed by atoms with Gasteiger partial charge in [-0.2, -0.15) is 5.10 Å². The fourth-order valence-electron chi connectivity index (χ4n) is 1.51. The van der Waals surface area contributed by atoms with Crippen LogP contribution in [0.1, 0.15) is 33.0 Å². The van der Waals surface area contributed by atoms with Crippen molar-refractivity contribution >= 4 is 9.84 Å². The summed E-state index contributed by atoms with van der Waals surface area (Å²) in [6, 6.07) is 0. The zero-order valence-corrected chi connectivity index (χ0v) is 12.1. The number of aromatic nitrogens is 3. The molecule has 0 amide bonds.